The van der Waals surface area contributed by atoms with Gasteiger partial charge in [-0.3, -0.25) is 9.98 Å². The fraction of sp³-hybridized carbons (Fsp3) is 0.200. The Bertz CT molecular complexity index is 124. The topological polar surface area (TPSA) is 50.7 Å². The first-order chi connectivity index (χ1) is 3.81. The molecule has 8 heavy (non-hydrogen) atoms. The standard InChI is InChI=1S/C5H9N3/c1-7-3-5(6)4-8-2/h3-4H,1,6H2,2H3/b5-3+,8-4?. The summed E-state index contributed by atoms with van der Waals surface area (Å²) < 4.78 is 0. The highest BCUT2D eigenvalue weighted by atomic mass is 14.7. The number of rotatable bonds is 2. The van der Waals surface area contributed by atoms with Crippen LogP contribution in [0.4, 0.5) is 0 Å². The minimum atomic E-state index is 0.516. The lowest BCUT2D eigenvalue weighted by molar-refractivity contribution is 1.39. The Morgan fingerprint density at radius 2 is 2.38 bits per heavy atom. The fourth-order valence-electron chi connectivity index (χ4n) is 0.288. The second kappa shape index (κ2) is 4.05. The average molecular weight is 111 g/mol. The highest BCUT2D eigenvalue weighted by Gasteiger charge is 1.74. The van der Waals surface area contributed by atoms with Gasteiger partial charge in [0.25, 0.3) is 0 Å². The molecule has 0 atom stereocenters. The van der Waals surface area contributed by atoms with Crippen molar-refractivity contribution >= 4 is 12.9 Å². The van der Waals surface area contributed by atoms with Gasteiger partial charge in [0, 0.05) is 13.3 Å². The molecule has 0 aromatic carbocycles. The molecule has 0 saturated heterocycles. The maximum Gasteiger partial charge on any atom is 0.0681 e. The van der Waals surface area contributed by atoms with Crippen LogP contribution >= 0.6 is 0 Å². The van der Waals surface area contributed by atoms with E-state index in [-0.39, 0.29) is 0 Å². The maximum absolute atomic E-state index is 5.27. The largest absolute Gasteiger partial charge is 0.396 e. The third-order valence-electron chi connectivity index (χ3n) is 0.519. The van der Waals surface area contributed by atoms with E-state index in [2.05, 4.69) is 16.7 Å². The Morgan fingerprint density at radius 3 is 2.75 bits per heavy atom. The summed E-state index contributed by atoms with van der Waals surface area (Å²) in [7, 11) is 1.64. The van der Waals surface area contributed by atoms with E-state index in [0.29, 0.717) is 5.70 Å². The van der Waals surface area contributed by atoms with Crippen molar-refractivity contribution in [1.82, 2.24) is 0 Å². The van der Waals surface area contributed by atoms with Crippen LogP contribution in [0, 0.1) is 0 Å². The molecular weight excluding hydrogens is 102 g/mol. The summed E-state index contributed by atoms with van der Waals surface area (Å²) >= 11 is 0. The lowest BCUT2D eigenvalue weighted by atomic mass is 10.5. The van der Waals surface area contributed by atoms with E-state index < -0.39 is 0 Å². The molecule has 0 rings (SSSR count). The minimum Gasteiger partial charge on any atom is -0.396 e. The van der Waals surface area contributed by atoms with Crippen molar-refractivity contribution in [3.05, 3.63) is 11.9 Å². The molecule has 0 fully saturated rings. The normalized spacial score (nSPS) is 12.4. The van der Waals surface area contributed by atoms with Crippen LogP contribution in [0.5, 0.6) is 0 Å². The van der Waals surface area contributed by atoms with Crippen molar-refractivity contribution in [2.24, 2.45) is 15.7 Å². The van der Waals surface area contributed by atoms with E-state index in [1.807, 2.05) is 0 Å². The molecule has 0 saturated carbocycles. The number of nitrogens with zero attached hydrogens (tertiary/aromatic N) is 2. The van der Waals surface area contributed by atoms with E-state index in [1.165, 1.54) is 12.4 Å². The first-order valence-corrected chi connectivity index (χ1v) is 2.15. The molecule has 0 heterocycles. The summed E-state index contributed by atoms with van der Waals surface area (Å²) in [5, 5.41) is 0. The van der Waals surface area contributed by atoms with Crippen molar-refractivity contribution in [1.29, 1.82) is 0 Å². The van der Waals surface area contributed by atoms with Crippen molar-refractivity contribution in [2.45, 2.75) is 0 Å². The van der Waals surface area contributed by atoms with Crippen LogP contribution < -0.4 is 5.73 Å². The molecule has 3 heteroatoms. The zero-order chi connectivity index (χ0) is 6.41. The number of hydrogen-bond acceptors (Lipinski definition) is 3. The zero-order valence-corrected chi connectivity index (χ0v) is 4.83. The number of hydrogen-bond donors (Lipinski definition) is 1. The molecule has 0 aromatic heterocycles. The van der Waals surface area contributed by atoms with E-state index in [9.17, 15) is 0 Å². The third-order valence-corrected chi connectivity index (χ3v) is 0.519. The molecule has 0 amide bonds. The van der Waals surface area contributed by atoms with E-state index in [0.717, 1.165) is 0 Å². The van der Waals surface area contributed by atoms with E-state index in [4.69, 9.17) is 5.73 Å². The lowest BCUT2D eigenvalue weighted by Crippen LogP contribution is -1.96. The highest BCUT2D eigenvalue weighted by molar-refractivity contribution is 5.76. The summed E-state index contributed by atoms with van der Waals surface area (Å²) in [6.45, 7) is 3.21. The SMILES string of the molecule is C=N/C=C(/N)C=NC. The summed E-state index contributed by atoms with van der Waals surface area (Å²) in [6.07, 6.45) is 2.95. The molecular formula is C5H9N3. The van der Waals surface area contributed by atoms with Crippen LogP contribution in [0.3, 0.4) is 0 Å². The minimum absolute atomic E-state index is 0.516. The smallest absolute Gasteiger partial charge is 0.0681 e. The molecule has 0 bridgehead atoms. The van der Waals surface area contributed by atoms with Gasteiger partial charge < -0.3 is 5.73 Å². The second-order valence-electron chi connectivity index (χ2n) is 1.20. The summed E-state index contributed by atoms with van der Waals surface area (Å²) in [4.78, 5) is 7.07. The Morgan fingerprint density at radius 1 is 1.75 bits per heavy atom. The van der Waals surface area contributed by atoms with Gasteiger partial charge in [0.05, 0.1) is 11.9 Å². The summed E-state index contributed by atoms with van der Waals surface area (Å²) in [5.41, 5.74) is 5.79. The van der Waals surface area contributed by atoms with Crippen LogP contribution in [0.25, 0.3) is 0 Å². The van der Waals surface area contributed by atoms with Crippen molar-refractivity contribution < 1.29 is 0 Å². The molecule has 2 N–H and O–H groups in total. The monoisotopic (exact) mass is 111 g/mol. The summed E-state index contributed by atoms with van der Waals surface area (Å²) in [5.74, 6) is 0. The van der Waals surface area contributed by atoms with E-state index >= 15 is 0 Å². The van der Waals surface area contributed by atoms with Crippen molar-refractivity contribution in [2.75, 3.05) is 7.05 Å². The molecule has 0 radical (unpaired) electrons. The first-order valence-electron chi connectivity index (χ1n) is 2.15. The number of allylic oxidation sites excluding steroid dienone is 1. The van der Waals surface area contributed by atoms with Crippen LogP contribution in [-0.2, 0) is 0 Å². The molecule has 0 spiro atoms. The Hall–Kier alpha value is -1.12. The lowest BCUT2D eigenvalue weighted by Gasteiger charge is -1.82. The predicted molar refractivity (Wildman–Crippen MR) is 36.2 cm³/mol. The van der Waals surface area contributed by atoms with Crippen LogP contribution in [-0.4, -0.2) is 20.0 Å². The fourth-order valence-corrected chi connectivity index (χ4v) is 0.288. The molecule has 0 aliphatic rings. The van der Waals surface area contributed by atoms with Crippen LogP contribution in [0.2, 0.25) is 0 Å². The Kier molecular flexibility index (Phi) is 3.48. The zero-order valence-electron chi connectivity index (χ0n) is 4.83. The predicted octanol–water partition coefficient (Wildman–Crippen LogP) is 0.188. The van der Waals surface area contributed by atoms with Gasteiger partial charge in [-0.15, -0.1) is 0 Å². The average Bonchev–Trinajstić information content (AvgIpc) is 1.68. The Labute approximate surface area is 48.6 Å². The second-order valence-corrected chi connectivity index (χ2v) is 1.20. The van der Waals surface area contributed by atoms with Gasteiger partial charge in [0.1, 0.15) is 0 Å². The maximum atomic E-state index is 5.27. The van der Waals surface area contributed by atoms with Gasteiger partial charge in [-0.05, 0) is 6.72 Å². The van der Waals surface area contributed by atoms with Gasteiger partial charge in [-0.25, -0.2) is 0 Å². The molecule has 44 valence electrons. The molecule has 0 aliphatic carbocycles. The van der Waals surface area contributed by atoms with Gasteiger partial charge >= 0.3 is 0 Å². The third kappa shape index (κ3) is 3.08. The molecule has 0 unspecified atom stereocenters. The van der Waals surface area contributed by atoms with Crippen molar-refractivity contribution in [3.8, 4) is 0 Å². The number of aliphatic imine (C=N–C) groups is 2. The van der Waals surface area contributed by atoms with Crippen LogP contribution in [0.15, 0.2) is 21.9 Å². The van der Waals surface area contributed by atoms with Gasteiger partial charge in [0.15, 0.2) is 0 Å². The Balaban J connectivity index is 3.79. The van der Waals surface area contributed by atoms with Gasteiger partial charge in [0.2, 0.25) is 0 Å². The summed E-state index contributed by atoms with van der Waals surface area (Å²) in [6, 6.07) is 0. The molecule has 0 aliphatic heterocycles. The van der Waals surface area contributed by atoms with Crippen molar-refractivity contribution in [3.63, 3.8) is 0 Å². The molecule has 0 aromatic rings. The first kappa shape index (κ1) is 6.88. The highest BCUT2D eigenvalue weighted by Crippen LogP contribution is 1.76. The van der Waals surface area contributed by atoms with Gasteiger partial charge in [-0.2, -0.15) is 0 Å². The van der Waals surface area contributed by atoms with Crippen LogP contribution in [0.1, 0.15) is 0 Å². The van der Waals surface area contributed by atoms with E-state index in [1.54, 1.807) is 7.05 Å². The molecule has 3 nitrogen and oxygen atoms in total. The quantitative estimate of drug-likeness (QED) is 0.508. The van der Waals surface area contributed by atoms with Gasteiger partial charge in [-0.1, -0.05) is 0 Å². The number of nitrogens with two attached hydrogens (primary N) is 1.